The van der Waals surface area contributed by atoms with Gasteiger partial charge in [0.2, 0.25) is 0 Å². The van der Waals surface area contributed by atoms with E-state index in [0.29, 0.717) is 55.0 Å². The fourth-order valence-electron chi connectivity index (χ4n) is 2.97. The number of nitriles is 1. The Morgan fingerprint density at radius 3 is 2.52 bits per heavy atom. The van der Waals surface area contributed by atoms with Gasteiger partial charge in [-0.1, -0.05) is 42.1 Å². The topological polar surface area (TPSA) is 82.3 Å². The van der Waals surface area contributed by atoms with Gasteiger partial charge >= 0.3 is 6.09 Å². The number of piperazine rings is 1. The predicted octanol–water partition coefficient (Wildman–Crippen LogP) is 3.02. The van der Waals surface area contributed by atoms with E-state index in [0.717, 1.165) is 5.56 Å². The number of carbonyl (C=O) groups excluding carboxylic acids is 1. The Hall–Kier alpha value is -2.79. The lowest BCUT2D eigenvalue weighted by Crippen LogP contribution is -2.49. The van der Waals surface area contributed by atoms with Gasteiger partial charge < -0.3 is 14.5 Å². The maximum Gasteiger partial charge on any atom is 0.409 e. The van der Waals surface area contributed by atoms with E-state index in [9.17, 15) is 10.1 Å². The first-order valence-corrected chi connectivity index (χ1v) is 9.98. The van der Waals surface area contributed by atoms with E-state index in [4.69, 9.17) is 4.74 Å². The smallest absolute Gasteiger partial charge is 0.409 e. The number of aromatic nitrogens is 2. The number of anilines is 1. The van der Waals surface area contributed by atoms with Crippen molar-refractivity contribution in [3.05, 3.63) is 35.9 Å². The quantitative estimate of drug-likeness (QED) is 0.593. The van der Waals surface area contributed by atoms with Crippen LogP contribution in [0.5, 0.6) is 0 Å². The van der Waals surface area contributed by atoms with Gasteiger partial charge in [0.05, 0.1) is 12.3 Å². The number of nitrogens with zero attached hydrogens (tertiary/aromatic N) is 5. The largest absolute Gasteiger partial charge is 0.450 e. The second-order valence-corrected chi connectivity index (χ2v) is 6.68. The Morgan fingerprint density at radius 2 is 1.93 bits per heavy atom. The van der Waals surface area contributed by atoms with Crippen molar-refractivity contribution in [2.75, 3.05) is 43.9 Å². The molecule has 0 unspecified atom stereocenters. The van der Waals surface area contributed by atoms with Gasteiger partial charge in [-0.15, -0.1) is 0 Å². The van der Waals surface area contributed by atoms with E-state index in [1.807, 2.05) is 41.5 Å². The van der Waals surface area contributed by atoms with Crippen LogP contribution in [0, 0.1) is 11.3 Å². The Labute approximate surface area is 163 Å². The van der Waals surface area contributed by atoms with Crippen LogP contribution in [0.15, 0.2) is 35.5 Å². The maximum absolute atomic E-state index is 11.9. The zero-order valence-electron chi connectivity index (χ0n) is 15.4. The fraction of sp³-hybridized carbons (Fsp3) is 0.368. The molecule has 1 aromatic carbocycles. The van der Waals surface area contributed by atoms with E-state index in [-0.39, 0.29) is 6.09 Å². The van der Waals surface area contributed by atoms with Crippen LogP contribution in [0.4, 0.5) is 10.6 Å². The molecule has 2 heterocycles. The molecule has 1 aliphatic heterocycles. The van der Waals surface area contributed by atoms with Gasteiger partial charge in [-0.2, -0.15) is 5.26 Å². The molecule has 0 aliphatic carbocycles. The lowest BCUT2D eigenvalue weighted by atomic mass is 10.1. The molecule has 140 valence electrons. The molecule has 0 spiro atoms. The number of amides is 1. The molecule has 0 N–H and O–H groups in total. The lowest BCUT2D eigenvalue weighted by molar-refractivity contribution is 0.105. The van der Waals surface area contributed by atoms with Gasteiger partial charge in [0.25, 0.3) is 0 Å². The fourth-order valence-corrected chi connectivity index (χ4v) is 3.33. The molecule has 8 heteroatoms. The van der Waals surface area contributed by atoms with E-state index >= 15 is 0 Å². The van der Waals surface area contributed by atoms with E-state index in [1.165, 1.54) is 11.8 Å². The van der Waals surface area contributed by atoms with Crippen LogP contribution < -0.4 is 4.90 Å². The molecule has 0 radical (unpaired) electrons. The van der Waals surface area contributed by atoms with Crippen LogP contribution >= 0.6 is 11.8 Å². The van der Waals surface area contributed by atoms with Crippen molar-refractivity contribution in [2.45, 2.75) is 12.1 Å². The van der Waals surface area contributed by atoms with Gasteiger partial charge in [0, 0.05) is 31.7 Å². The van der Waals surface area contributed by atoms with E-state index < -0.39 is 0 Å². The number of carbonyl (C=O) groups is 1. The molecule has 0 atom stereocenters. The van der Waals surface area contributed by atoms with Crippen molar-refractivity contribution in [1.29, 1.82) is 5.26 Å². The van der Waals surface area contributed by atoms with Crippen LogP contribution in [0.2, 0.25) is 0 Å². The molecule has 27 heavy (non-hydrogen) atoms. The molecule has 1 fully saturated rings. The standard InChI is InChI=1S/C19H21N5O2S/c1-3-26-19(25)24-11-9-23(10-12-24)17-15(13-20)16(21-18(22-17)27-2)14-7-5-4-6-8-14/h4-8H,3,9-12H2,1-2H3. The molecule has 3 rings (SSSR count). The van der Waals surface area contributed by atoms with Crippen LogP contribution in [-0.4, -0.2) is 60.0 Å². The summed E-state index contributed by atoms with van der Waals surface area (Å²) in [6.45, 7) is 4.40. The molecule has 7 nitrogen and oxygen atoms in total. The third-order valence-corrected chi connectivity index (χ3v) is 4.86. The minimum absolute atomic E-state index is 0.296. The molecular formula is C19H21N5O2S. The Kier molecular flexibility index (Phi) is 6.14. The second-order valence-electron chi connectivity index (χ2n) is 5.91. The number of benzene rings is 1. The highest BCUT2D eigenvalue weighted by Gasteiger charge is 2.26. The maximum atomic E-state index is 11.9. The lowest BCUT2D eigenvalue weighted by Gasteiger charge is -2.35. The number of hydrogen-bond donors (Lipinski definition) is 0. The number of hydrogen-bond acceptors (Lipinski definition) is 7. The van der Waals surface area contributed by atoms with Gasteiger partial charge in [-0.05, 0) is 13.2 Å². The molecule has 1 aromatic heterocycles. The Bertz CT molecular complexity index is 845. The average molecular weight is 383 g/mol. The van der Waals surface area contributed by atoms with Crippen molar-refractivity contribution in [3.63, 3.8) is 0 Å². The Balaban J connectivity index is 1.92. The first kappa shape index (κ1) is 19.0. The Morgan fingerprint density at radius 1 is 1.22 bits per heavy atom. The number of ether oxygens (including phenoxy) is 1. The molecule has 1 aliphatic rings. The highest BCUT2D eigenvalue weighted by atomic mass is 32.2. The van der Waals surface area contributed by atoms with Crippen LogP contribution in [0.25, 0.3) is 11.3 Å². The molecule has 0 saturated carbocycles. The summed E-state index contributed by atoms with van der Waals surface area (Å²) in [7, 11) is 0. The summed E-state index contributed by atoms with van der Waals surface area (Å²) in [5, 5.41) is 10.4. The summed E-state index contributed by atoms with van der Waals surface area (Å²) < 4.78 is 5.07. The third kappa shape index (κ3) is 4.14. The normalized spacial score (nSPS) is 14.0. The predicted molar refractivity (Wildman–Crippen MR) is 105 cm³/mol. The summed E-state index contributed by atoms with van der Waals surface area (Å²) in [6.07, 6.45) is 1.62. The SMILES string of the molecule is CCOC(=O)N1CCN(c2nc(SC)nc(-c3ccccc3)c2C#N)CC1. The van der Waals surface area contributed by atoms with Crippen molar-refractivity contribution in [2.24, 2.45) is 0 Å². The molecular weight excluding hydrogens is 362 g/mol. The molecule has 1 amide bonds. The number of thioether (sulfide) groups is 1. The minimum Gasteiger partial charge on any atom is -0.450 e. The van der Waals surface area contributed by atoms with Crippen molar-refractivity contribution in [3.8, 4) is 17.3 Å². The van der Waals surface area contributed by atoms with E-state index in [1.54, 1.807) is 11.8 Å². The summed E-state index contributed by atoms with van der Waals surface area (Å²) in [6, 6.07) is 11.9. The van der Waals surface area contributed by atoms with Crippen LogP contribution in [0.1, 0.15) is 12.5 Å². The molecule has 1 saturated heterocycles. The van der Waals surface area contributed by atoms with Crippen LogP contribution in [-0.2, 0) is 4.74 Å². The average Bonchev–Trinajstić information content (AvgIpc) is 2.73. The monoisotopic (exact) mass is 383 g/mol. The van der Waals surface area contributed by atoms with E-state index in [2.05, 4.69) is 16.0 Å². The number of rotatable bonds is 4. The highest BCUT2D eigenvalue weighted by molar-refractivity contribution is 7.98. The van der Waals surface area contributed by atoms with Crippen molar-refractivity contribution >= 4 is 23.7 Å². The third-order valence-electron chi connectivity index (χ3n) is 4.32. The zero-order chi connectivity index (χ0) is 19.2. The first-order chi connectivity index (χ1) is 13.2. The van der Waals surface area contributed by atoms with Crippen molar-refractivity contribution in [1.82, 2.24) is 14.9 Å². The zero-order valence-corrected chi connectivity index (χ0v) is 16.2. The summed E-state index contributed by atoms with van der Waals surface area (Å²) in [5.41, 5.74) is 1.99. The van der Waals surface area contributed by atoms with Crippen molar-refractivity contribution < 1.29 is 9.53 Å². The highest BCUT2D eigenvalue weighted by Crippen LogP contribution is 2.30. The van der Waals surface area contributed by atoms with Gasteiger partial charge in [0.1, 0.15) is 11.6 Å². The van der Waals surface area contributed by atoms with Gasteiger partial charge in [-0.3, -0.25) is 0 Å². The molecule has 0 bridgehead atoms. The van der Waals surface area contributed by atoms with Gasteiger partial charge in [0.15, 0.2) is 11.0 Å². The summed E-state index contributed by atoms with van der Waals surface area (Å²) >= 11 is 1.44. The van der Waals surface area contributed by atoms with Crippen LogP contribution in [0.3, 0.4) is 0 Å². The first-order valence-electron chi connectivity index (χ1n) is 8.76. The second kappa shape index (κ2) is 8.73. The minimum atomic E-state index is -0.296. The summed E-state index contributed by atoms with van der Waals surface area (Å²) in [5.74, 6) is 0.624. The summed E-state index contributed by atoms with van der Waals surface area (Å²) in [4.78, 5) is 24.8. The molecule has 2 aromatic rings. The van der Waals surface area contributed by atoms with Gasteiger partial charge in [-0.25, -0.2) is 14.8 Å².